The van der Waals surface area contributed by atoms with Crippen molar-refractivity contribution in [3.63, 3.8) is 0 Å². The fourth-order valence-electron chi connectivity index (χ4n) is 1.54. The molecule has 0 amide bonds. The lowest BCUT2D eigenvalue weighted by atomic mass is 10.2. The maximum Gasteiger partial charge on any atom is 0.261 e. The average Bonchev–Trinajstić information content (AvgIpc) is 2.35. The second-order valence-electron chi connectivity index (χ2n) is 4.00. The van der Waals surface area contributed by atoms with Crippen LogP contribution in [0.1, 0.15) is 5.56 Å². The lowest BCUT2D eigenvalue weighted by Crippen LogP contribution is -2.13. The van der Waals surface area contributed by atoms with Crippen LogP contribution in [0.15, 0.2) is 56.3 Å². The van der Waals surface area contributed by atoms with E-state index in [4.69, 9.17) is 0 Å². The Bertz CT molecular complexity index is 697. The zero-order valence-electron chi connectivity index (χ0n) is 10.0. The number of hydrogen-bond acceptors (Lipinski definition) is 2. The van der Waals surface area contributed by atoms with Crippen LogP contribution in [0, 0.1) is 6.92 Å². The molecule has 0 aliphatic carbocycles. The predicted octanol–water partition coefficient (Wildman–Crippen LogP) is 4.32. The third-order valence-corrected chi connectivity index (χ3v) is 5.52. The summed E-state index contributed by atoms with van der Waals surface area (Å²) in [7, 11) is -3.57. The molecule has 6 heteroatoms. The first-order chi connectivity index (χ1) is 8.90. The second kappa shape index (κ2) is 5.64. The maximum atomic E-state index is 12.2. The molecule has 0 radical (unpaired) electrons. The van der Waals surface area contributed by atoms with E-state index in [2.05, 4.69) is 36.6 Å². The Balaban J connectivity index is 2.36. The van der Waals surface area contributed by atoms with E-state index in [1.54, 1.807) is 36.4 Å². The molecule has 0 saturated carbocycles. The molecule has 1 N–H and O–H groups in total. The van der Waals surface area contributed by atoms with Gasteiger partial charge in [-0.05, 0) is 58.7 Å². The summed E-state index contributed by atoms with van der Waals surface area (Å²) < 4.78 is 28.6. The number of benzene rings is 2. The van der Waals surface area contributed by atoms with Crippen molar-refractivity contribution in [3.05, 3.63) is 57.0 Å². The molecule has 0 spiro atoms. The monoisotopic (exact) mass is 403 g/mol. The Morgan fingerprint density at radius 2 is 1.63 bits per heavy atom. The largest absolute Gasteiger partial charge is 0.278 e. The highest BCUT2D eigenvalue weighted by atomic mass is 79.9. The van der Waals surface area contributed by atoms with Crippen molar-refractivity contribution in [3.8, 4) is 0 Å². The molecule has 19 heavy (non-hydrogen) atoms. The summed E-state index contributed by atoms with van der Waals surface area (Å²) in [4.78, 5) is 0.226. The number of nitrogens with one attached hydrogen (secondary N) is 1. The summed E-state index contributed by atoms with van der Waals surface area (Å²) in [6.07, 6.45) is 0. The number of aryl methyl sites for hydroxylation is 1. The van der Waals surface area contributed by atoms with Gasteiger partial charge in [0.1, 0.15) is 0 Å². The van der Waals surface area contributed by atoms with Gasteiger partial charge in [0.15, 0.2) is 0 Å². The van der Waals surface area contributed by atoms with Gasteiger partial charge in [0.25, 0.3) is 10.0 Å². The van der Waals surface area contributed by atoms with E-state index >= 15 is 0 Å². The highest BCUT2D eigenvalue weighted by Crippen LogP contribution is 2.28. The zero-order chi connectivity index (χ0) is 14.0. The van der Waals surface area contributed by atoms with Crippen LogP contribution in [0.5, 0.6) is 0 Å². The molecule has 2 aromatic rings. The summed E-state index contributed by atoms with van der Waals surface area (Å²) in [6.45, 7) is 1.90. The highest BCUT2D eigenvalue weighted by Gasteiger charge is 2.15. The molecular weight excluding hydrogens is 394 g/mol. The maximum absolute atomic E-state index is 12.2. The molecule has 2 rings (SSSR count). The average molecular weight is 405 g/mol. The van der Waals surface area contributed by atoms with E-state index in [-0.39, 0.29) is 4.90 Å². The predicted molar refractivity (Wildman–Crippen MR) is 83.8 cm³/mol. The molecule has 0 atom stereocenters. The van der Waals surface area contributed by atoms with Crippen LogP contribution in [0.4, 0.5) is 5.69 Å². The van der Waals surface area contributed by atoms with Gasteiger partial charge in [-0.1, -0.05) is 28.1 Å². The summed E-state index contributed by atoms with van der Waals surface area (Å²) in [5.41, 5.74) is 1.50. The first kappa shape index (κ1) is 14.6. The van der Waals surface area contributed by atoms with Crippen LogP contribution in [-0.2, 0) is 10.0 Å². The summed E-state index contributed by atoms with van der Waals surface area (Å²) in [5, 5.41) is 0. The van der Waals surface area contributed by atoms with Crippen LogP contribution in [0.25, 0.3) is 0 Å². The van der Waals surface area contributed by atoms with Gasteiger partial charge in [-0.2, -0.15) is 0 Å². The Morgan fingerprint density at radius 1 is 1.00 bits per heavy atom. The normalized spacial score (nSPS) is 11.3. The molecule has 0 aliphatic rings. The zero-order valence-corrected chi connectivity index (χ0v) is 14.0. The van der Waals surface area contributed by atoms with Crippen molar-refractivity contribution in [2.24, 2.45) is 0 Å². The molecule has 0 fully saturated rings. The third kappa shape index (κ3) is 3.38. The molecule has 0 aliphatic heterocycles. The molecule has 0 bridgehead atoms. The first-order valence-corrected chi connectivity index (χ1v) is 8.50. The first-order valence-electron chi connectivity index (χ1n) is 5.43. The Labute approximate surface area is 129 Å². The summed E-state index contributed by atoms with van der Waals surface area (Å²) >= 11 is 6.66. The summed E-state index contributed by atoms with van der Waals surface area (Å²) in [5.74, 6) is 0. The van der Waals surface area contributed by atoms with Crippen LogP contribution < -0.4 is 4.72 Å². The molecule has 0 aromatic heterocycles. The number of rotatable bonds is 3. The Hall–Kier alpha value is -0.850. The van der Waals surface area contributed by atoms with Gasteiger partial charge in [0, 0.05) is 8.95 Å². The van der Waals surface area contributed by atoms with Crippen molar-refractivity contribution < 1.29 is 8.42 Å². The molecule has 0 saturated heterocycles. The minimum atomic E-state index is -3.57. The van der Waals surface area contributed by atoms with E-state index < -0.39 is 10.0 Å². The van der Waals surface area contributed by atoms with Crippen LogP contribution in [0.2, 0.25) is 0 Å². The van der Waals surface area contributed by atoms with Crippen molar-refractivity contribution in [1.29, 1.82) is 0 Å². The topological polar surface area (TPSA) is 46.2 Å². The highest BCUT2D eigenvalue weighted by molar-refractivity contribution is 9.11. The van der Waals surface area contributed by atoms with E-state index in [0.29, 0.717) is 5.69 Å². The van der Waals surface area contributed by atoms with Crippen LogP contribution in [-0.4, -0.2) is 8.42 Å². The van der Waals surface area contributed by atoms with Crippen molar-refractivity contribution in [2.45, 2.75) is 11.8 Å². The number of hydrogen-bond donors (Lipinski definition) is 1. The van der Waals surface area contributed by atoms with E-state index in [9.17, 15) is 8.42 Å². The van der Waals surface area contributed by atoms with Gasteiger partial charge in [-0.25, -0.2) is 8.42 Å². The lowest BCUT2D eigenvalue weighted by molar-refractivity contribution is 0.601. The summed E-state index contributed by atoms with van der Waals surface area (Å²) in [6, 6.07) is 11.9. The fraction of sp³-hybridized carbons (Fsp3) is 0.0769. The van der Waals surface area contributed by atoms with Gasteiger partial charge in [0.05, 0.1) is 10.6 Å². The third-order valence-electron chi connectivity index (χ3n) is 2.56. The Morgan fingerprint density at radius 3 is 2.26 bits per heavy atom. The number of anilines is 1. The molecule has 0 unspecified atom stereocenters. The quantitative estimate of drug-likeness (QED) is 0.827. The molecule has 0 heterocycles. The van der Waals surface area contributed by atoms with Crippen LogP contribution >= 0.6 is 31.9 Å². The van der Waals surface area contributed by atoms with Gasteiger partial charge in [-0.3, -0.25) is 4.72 Å². The number of sulfonamides is 1. The Kier molecular flexibility index (Phi) is 4.32. The van der Waals surface area contributed by atoms with E-state index in [0.717, 1.165) is 14.5 Å². The molecular formula is C13H11Br2NO2S. The number of halogens is 2. The van der Waals surface area contributed by atoms with Gasteiger partial charge in [0.2, 0.25) is 0 Å². The minimum absolute atomic E-state index is 0.226. The molecule has 3 nitrogen and oxygen atoms in total. The van der Waals surface area contributed by atoms with Crippen molar-refractivity contribution >= 4 is 47.6 Å². The second-order valence-corrected chi connectivity index (χ2v) is 7.39. The van der Waals surface area contributed by atoms with Crippen molar-refractivity contribution in [1.82, 2.24) is 0 Å². The lowest BCUT2D eigenvalue weighted by Gasteiger charge is -2.11. The van der Waals surface area contributed by atoms with E-state index in [1.807, 2.05) is 13.0 Å². The minimum Gasteiger partial charge on any atom is -0.278 e. The van der Waals surface area contributed by atoms with Crippen molar-refractivity contribution in [2.75, 3.05) is 4.72 Å². The van der Waals surface area contributed by atoms with Gasteiger partial charge < -0.3 is 0 Å². The van der Waals surface area contributed by atoms with E-state index in [1.165, 1.54) is 0 Å². The molecule has 2 aromatic carbocycles. The smallest absolute Gasteiger partial charge is 0.261 e. The van der Waals surface area contributed by atoms with Gasteiger partial charge in [-0.15, -0.1) is 0 Å². The SMILES string of the molecule is Cc1cccc(NS(=O)(=O)c2ccc(Br)cc2)c1Br. The molecule has 100 valence electrons. The standard InChI is InChI=1S/C13H11Br2NO2S/c1-9-3-2-4-12(13(9)15)16-19(17,18)11-7-5-10(14)6-8-11/h2-8,16H,1H3. The van der Waals surface area contributed by atoms with Crippen LogP contribution in [0.3, 0.4) is 0 Å². The van der Waals surface area contributed by atoms with Gasteiger partial charge >= 0.3 is 0 Å². The fourth-order valence-corrected chi connectivity index (χ4v) is 3.37.